The zero-order chi connectivity index (χ0) is 17.7. The molecule has 24 heavy (non-hydrogen) atoms. The molecule has 0 spiro atoms. The first kappa shape index (κ1) is 17.9. The SMILES string of the molecule is Cc1cc(C(=O)Nc2ccc(C)c(C)c2)nc(NCCC(C)C)n1. The zero-order valence-electron chi connectivity index (χ0n) is 15.1. The number of carbonyl (C=O) groups excluding carboxylic acids is 1. The second kappa shape index (κ2) is 7.90. The summed E-state index contributed by atoms with van der Waals surface area (Å²) in [5.74, 6) is 0.881. The highest BCUT2D eigenvalue weighted by Gasteiger charge is 2.11. The van der Waals surface area contributed by atoms with Crippen molar-refractivity contribution in [1.82, 2.24) is 9.97 Å². The van der Waals surface area contributed by atoms with Gasteiger partial charge in [0, 0.05) is 17.9 Å². The fourth-order valence-corrected chi connectivity index (χ4v) is 2.25. The van der Waals surface area contributed by atoms with E-state index in [0.717, 1.165) is 29.9 Å². The van der Waals surface area contributed by atoms with Gasteiger partial charge in [-0.1, -0.05) is 19.9 Å². The first-order valence-electron chi connectivity index (χ1n) is 8.33. The van der Waals surface area contributed by atoms with E-state index in [1.54, 1.807) is 6.07 Å². The predicted molar refractivity (Wildman–Crippen MR) is 98.6 cm³/mol. The molecule has 5 heteroatoms. The van der Waals surface area contributed by atoms with Gasteiger partial charge in [0.05, 0.1) is 0 Å². The van der Waals surface area contributed by atoms with Gasteiger partial charge in [0.1, 0.15) is 5.69 Å². The Morgan fingerprint density at radius 3 is 2.50 bits per heavy atom. The van der Waals surface area contributed by atoms with Crippen molar-refractivity contribution in [2.45, 2.75) is 41.0 Å². The van der Waals surface area contributed by atoms with E-state index in [-0.39, 0.29) is 5.91 Å². The van der Waals surface area contributed by atoms with E-state index in [9.17, 15) is 4.79 Å². The molecule has 0 unspecified atom stereocenters. The molecule has 1 amide bonds. The molecule has 2 rings (SSSR count). The summed E-state index contributed by atoms with van der Waals surface area (Å²) in [5, 5.41) is 6.09. The molecule has 0 aliphatic carbocycles. The van der Waals surface area contributed by atoms with Gasteiger partial charge in [0.2, 0.25) is 5.95 Å². The first-order valence-corrected chi connectivity index (χ1v) is 8.33. The van der Waals surface area contributed by atoms with Gasteiger partial charge in [-0.05, 0) is 62.4 Å². The molecule has 2 aromatic rings. The average molecular weight is 326 g/mol. The second-order valence-corrected chi connectivity index (χ2v) is 6.58. The Morgan fingerprint density at radius 1 is 1.08 bits per heavy atom. The van der Waals surface area contributed by atoms with Crippen LogP contribution in [-0.2, 0) is 0 Å². The molecule has 2 N–H and O–H groups in total. The fourth-order valence-electron chi connectivity index (χ4n) is 2.25. The van der Waals surface area contributed by atoms with E-state index in [1.807, 2.05) is 39.0 Å². The summed E-state index contributed by atoms with van der Waals surface area (Å²) >= 11 is 0. The second-order valence-electron chi connectivity index (χ2n) is 6.58. The van der Waals surface area contributed by atoms with Crippen LogP contribution in [0.25, 0.3) is 0 Å². The summed E-state index contributed by atoms with van der Waals surface area (Å²) in [6.45, 7) is 11.1. The number of carbonyl (C=O) groups is 1. The lowest BCUT2D eigenvalue weighted by Crippen LogP contribution is -2.17. The van der Waals surface area contributed by atoms with Crippen molar-refractivity contribution in [2.24, 2.45) is 5.92 Å². The third kappa shape index (κ3) is 5.05. The van der Waals surface area contributed by atoms with Crippen LogP contribution in [0.2, 0.25) is 0 Å². The first-order chi connectivity index (χ1) is 11.3. The predicted octanol–water partition coefficient (Wildman–Crippen LogP) is 4.11. The number of benzene rings is 1. The van der Waals surface area contributed by atoms with Crippen molar-refractivity contribution < 1.29 is 4.79 Å². The van der Waals surface area contributed by atoms with E-state index in [2.05, 4.69) is 34.4 Å². The molecule has 0 saturated heterocycles. The lowest BCUT2D eigenvalue weighted by atomic mass is 10.1. The molecule has 0 radical (unpaired) electrons. The van der Waals surface area contributed by atoms with Crippen molar-refractivity contribution >= 4 is 17.5 Å². The quantitative estimate of drug-likeness (QED) is 0.838. The molecular weight excluding hydrogens is 300 g/mol. The van der Waals surface area contributed by atoms with Crippen LogP contribution in [0.4, 0.5) is 11.6 Å². The monoisotopic (exact) mass is 326 g/mol. The van der Waals surface area contributed by atoms with E-state index >= 15 is 0 Å². The maximum atomic E-state index is 12.5. The molecule has 5 nitrogen and oxygen atoms in total. The van der Waals surface area contributed by atoms with Crippen molar-refractivity contribution in [3.8, 4) is 0 Å². The van der Waals surface area contributed by atoms with Gasteiger partial charge >= 0.3 is 0 Å². The van der Waals surface area contributed by atoms with Gasteiger partial charge in [0.15, 0.2) is 0 Å². The van der Waals surface area contributed by atoms with E-state index in [0.29, 0.717) is 17.6 Å². The summed E-state index contributed by atoms with van der Waals surface area (Å²) in [4.78, 5) is 21.1. The third-order valence-corrected chi connectivity index (χ3v) is 3.86. The van der Waals surface area contributed by atoms with Gasteiger partial charge in [-0.3, -0.25) is 4.79 Å². The van der Waals surface area contributed by atoms with E-state index in [4.69, 9.17) is 0 Å². The molecule has 128 valence electrons. The van der Waals surface area contributed by atoms with Crippen LogP contribution in [0.1, 0.15) is 47.6 Å². The molecule has 1 heterocycles. The Kier molecular flexibility index (Phi) is 5.90. The van der Waals surface area contributed by atoms with Gasteiger partial charge in [-0.2, -0.15) is 0 Å². The largest absolute Gasteiger partial charge is 0.354 e. The van der Waals surface area contributed by atoms with Crippen molar-refractivity contribution in [3.63, 3.8) is 0 Å². The Morgan fingerprint density at radius 2 is 1.83 bits per heavy atom. The van der Waals surface area contributed by atoms with Crippen LogP contribution >= 0.6 is 0 Å². The summed E-state index contributed by atoms with van der Waals surface area (Å²) < 4.78 is 0. The van der Waals surface area contributed by atoms with Gasteiger partial charge in [-0.25, -0.2) is 9.97 Å². The van der Waals surface area contributed by atoms with E-state index in [1.165, 1.54) is 5.56 Å². The highest BCUT2D eigenvalue weighted by atomic mass is 16.1. The smallest absolute Gasteiger partial charge is 0.274 e. The number of aromatic nitrogens is 2. The molecule has 0 aliphatic heterocycles. The molecule has 0 fully saturated rings. The molecule has 0 saturated carbocycles. The van der Waals surface area contributed by atoms with Crippen LogP contribution in [-0.4, -0.2) is 22.4 Å². The highest BCUT2D eigenvalue weighted by molar-refractivity contribution is 6.03. The number of aryl methyl sites for hydroxylation is 3. The van der Waals surface area contributed by atoms with Crippen molar-refractivity contribution in [2.75, 3.05) is 17.2 Å². The third-order valence-electron chi connectivity index (χ3n) is 3.86. The molecule has 0 atom stereocenters. The maximum absolute atomic E-state index is 12.5. The van der Waals surface area contributed by atoms with Crippen LogP contribution in [0.3, 0.4) is 0 Å². The maximum Gasteiger partial charge on any atom is 0.274 e. The highest BCUT2D eigenvalue weighted by Crippen LogP contribution is 2.15. The Hall–Kier alpha value is -2.43. The van der Waals surface area contributed by atoms with Crippen LogP contribution in [0.5, 0.6) is 0 Å². The summed E-state index contributed by atoms with van der Waals surface area (Å²) in [7, 11) is 0. The number of anilines is 2. The van der Waals surface area contributed by atoms with Gasteiger partial charge < -0.3 is 10.6 Å². The number of nitrogens with zero attached hydrogens (tertiary/aromatic N) is 2. The summed E-state index contributed by atoms with van der Waals surface area (Å²) in [6.07, 6.45) is 1.03. The number of hydrogen-bond acceptors (Lipinski definition) is 4. The van der Waals surface area contributed by atoms with Crippen molar-refractivity contribution in [1.29, 1.82) is 0 Å². The van der Waals surface area contributed by atoms with Crippen LogP contribution in [0, 0.1) is 26.7 Å². The topological polar surface area (TPSA) is 66.9 Å². The molecule has 0 bridgehead atoms. The standard InChI is InChI=1S/C19H26N4O/c1-12(2)8-9-20-19-21-15(5)11-17(23-19)18(24)22-16-7-6-13(3)14(4)10-16/h6-7,10-12H,8-9H2,1-5H3,(H,22,24)(H,20,21,23). The Bertz CT molecular complexity index is 725. The number of hydrogen-bond donors (Lipinski definition) is 2. The van der Waals surface area contributed by atoms with Gasteiger partial charge in [-0.15, -0.1) is 0 Å². The van der Waals surface area contributed by atoms with Crippen LogP contribution < -0.4 is 10.6 Å². The summed E-state index contributed by atoms with van der Waals surface area (Å²) in [5.41, 5.74) is 4.24. The van der Waals surface area contributed by atoms with Crippen LogP contribution in [0.15, 0.2) is 24.3 Å². The number of rotatable bonds is 6. The minimum atomic E-state index is -0.226. The zero-order valence-corrected chi connectivity index (χ0v) is 15.1. The lowest BCUT2D eigenvalue weighted by Gasteiger charge is -2.10. The molecular formula is C19H26N4O. The molecule has 1 aromatic heterocycles. The number of amides is 1. The minimum Gasteiger partial charge on any atom is -0.354 e. The molecule has 0 aliphatic rings. The average Bonchev–Trinajstić information content (AvgIpc) is 2.50. The van der Waals surface area contributed by atoms with Crippen molar-refractivity contribution in [3.05, 3.63) is 46.8 Å². The summed E-state index contributed by atoms with van der Waals surface area (Å²) in [6, 6.07) is 7.55. The molecule has 1 aromatic carbocycles. The van der Waals surface area contributed by atoms with Gasteiger partial charge in [0.25, 0.3) is 5.91 Å². The lowest BCUT2D eigenvalue weighted by molar-refractivity contribution is 0.102. The van der Waals surface area contributed by atoms with E-state index < -0.39 is 0 Å². The minimum absolute atomic E-state index is 0.226. The number of nitrogens with one attached hydrogen (secondary N) is 2. The fraction of sp³-hybridized carbons (Fsp3) is 0.421. The Balaban J connectivity index is 2.10. The Labute approximate surface area is 143 Å². The normalized spacial score (nSPS) is 10.8.